The van der Waals surface area contributed by atoms with Crippen molar-refractivity contribution in [3.8, 4) is 0 Å². The Kier molecular flexibility index (Phi) is 2.93. The van der Waals surface area contributed by atoms with Crippen LogP contribution >= 0.6 is 0 Å². The van der Waals surface area contributed by atoms with Crippen molar-refractivity contribution in [2.24, 2.45) is 0 Å². The number of rotatable bonds is 0. The average Bonchev–Trinajstić information content (AvgIpc) is 3.76. The normalized spacial score (nSPS) is 13.1. The zero-order valence-corrected chi connectivity index (χ0v) is 20.7. The van der Waals surface area contributed by atoms with E-state index in [1.807, 2.05) is 6.07 Å². The lowest BCUT2D eigenvalue weighted by Crippen LogP contribution is -1.81. The van der Waals surface area contributed by atoms with E-state index < -0.39 is 0 Å². The Labute approximate surface area is 220 Å². The maximum absolute atomic E-state index is 6.35. The van der Waals surface area contributed by atoms with Crippen molar-refractivity contribution in [1.29, 1.82) is 0 Å². The van der Waals surface area contributed by atoms with Crippen molar-refractivity contribution < 1.29 is 4.42 Å². The second kappa shape index (κ2) is 6.06. The third-order valence-corrected chi connectivity index (χ3v) is 9.15. The van der Waals surface area contributed by atoms with Gasteiger partial charge < -0.3 is 13.2 Å². The van der Waals surface area contributed by atoms with Crippen LogP contribution in [-0.4, -0.2) is 8.80 Å². The predicted molar refractivity (Wildman–Crippen MR) is 163 cm³/mol. The van der Waals surface area contributed by atoms with Crippen LogP contribution in [0.5, 0.6) is 0 Å². The summed E-state index contributed by atoms with van der Waals surface area (Å²) in [4.78, 5) is 0. The molecule has 5 heterocycles. The summed E-state index contributed by atoms with van der Waals surface area (Å²) in [5, 5.41) is 12.8. The van der Waals surface area contributed by atoms with Gasteiger partial charge in [0.2, 0.25) is 0 Å². The van der Waals surface area contributed by atoms with Crippen LogP contribution in [0, 0.1) is 0 Å². The SMILES string of the molecule is c1ccc2c(c1)oc1cc3c(cc12)c1cc2c(c4cccc5c6ccccc6n2c54)c2c4ccccc4n3c12. The fraction of sp³-hybridized carbons (Fsp3) is 0. The first-order chi connectivity index (χ1) is 19.4. The van der Waals surface area contributed by atoms with Gasteiger partial charge in [-0.3, -0.25) is 0 Å². The molecule has 0 amide bonds. The summed E-state index contributed by atoms with van der Waals surface area (Å²) in [6, 6.07) is 39.9. The summed E-state index contributed by atoms with van der Waals surface area (Å²) in [5.74, 6) is 0. The van der Waals surface area contributed by atoms with Gasteiger partial charge in [-0.15, -0.1) is 0 Å². The molecule has 3 nitrogen and oxygen atoms in total. The highest BCUT2D eigenvalue weighted by Crippen LogP contribution is 2.48. The van der Waals surface area contributed by atoms with Crippen molar-refractivity contribution in [2.75, 3.05) is 0 Å². The van der Waals surface area contributed by atoms with Crippen LogP contribution < -0.4 is 0 Å². The van der Waals surface area contributed by atoms with Crippen LogP contribution in [0.2, 0.25) is 0 Å². The molecule has 0 bridgehead atoms. The van der Waals surface area contributed by atoms with Gasteiger partial charge in [-0.2, -0.15) is 0 Å². The Hall–Kier alpha value is -5.28. The van der Waals surface area contributed by atoms with E-state index >= 15 is 0 Å². The van der Waals surface area contributed by atoms with Gasteiger partial charge in [0.05, 0.1) is 33.1 Å². The Morgan fingerprint density at radius 3 is 1.95 bits per heavy atom. The molecule has 0 N–H and O–H groups in total. The first-order valence-electron chi connectivity index (χ1n) is 13.5. The van der Waals surface area contributed by atoms with Gasteiger partial charge in [0.15, 0.2) is 0 Å². The Bertz CT molecular complexity index is 2820. The standard InChI is InChI=1S/C36H18N2O/c1-4-13-27-19(8-1)21-11-7-12-23-33-30(38(27)35(21)23)17-26-24-16-25-20-9-3-6-15-31(20)39-32(25)18-29(24)37-28-14-5-2-10-22(28)34(33)36(26)37/h1-18H. The maximum atomic E-state index is 6.35. The van der Waals surface area contributed by atoms with Gasteiger partial charge in [0.1, 0.15) is 11.2 Å². The Morgan fingerprint density at radius 2 is 1.05 bits per heavy atom. The van der Waals surface area contributed by atoms with Crippen molar-refractivity contribution in [2.45, 2.75) is 0 Å². The predicted octanol–water partition coefficient (Wildman–Crippen LogP) is 9.89. The summed E-state index contributed by atoms with van der Waals surface area (Å²) in [6.45, 7) is 0. The first-order valence-corrected chi connectivity index (χ1v) is 13.5. The summed E-state index contributed by atoms with van der Waals surface area (Å²) in [7, 11) is 0. The van der Waals surface area contributed by atoms with E-state index in [2.05, 4.69) is 112 Å². The van der Waals surface area contributed by atoms with Gasteiger partial charge in [-0.25, -0.2) is 0 Å². The molecule has 0 unspecified atom stereocenters. The quantitative estimate of drug-likeness (QED) is 0.206. The minimum Gasteiger partial charge on any atom is -0.456 e. The molecule has 0 fully saturated rings. The van der Waals surface area contributed by atoms with Crippen molar-refractivity contribution in [3.63, 3.8) is 0 Å². The molecule has 0 aliphatic carbocycles. The number of benzene rings is 6. The molecule has 0 aliphatic rings. The number of hydrogen-bond acceptors (Lipinski definition) is 1. The van der Waals surface area contributed by atoms with E-state index in [0.717, 1.165) is 11.2 Å². The van der Waals surface area contributed by atoms with Gasteiger partial charge >= 0.3 is 0 Å². The fourth-order valence-electron chi connectivity index (χ4n) is 7.69. The molecule has 0 spiro atoms. The average molecular weight is 495 g/mol. The molecule has 11 aromatic rings. The molecule has 0 atom stereocenters. The lowest BCUT2D eigenvalue weighted by molar-refractivity contribution is 0.669. The zero-order valence-electron chi connectivity index (χ0n) is 20.7. The lowest BCUT2D eigenvalue weighted by Gasteiger charge is -2.02. The molecule has 0 aliphatic heterocycles. The summed E-state index contributed by atoms with van der Waals surface area (Å²) >= 11 is 0. The van der Waals surface area contributed by atoms with Crippen molar-refractivity contribution >= 4 is 98.1 Å². The van der Waals surface area contributed by atoms with Crippen molar-refractivity contribution in [1.82, 2.24) is 8.80 Å². The zero-order chi connectivity index (χ0) is 25.0. The maximum Gasteiger partial charge on any atom is 0.137 e. The number of aromatic nitrogens is 2. The van der Waals surface area contributed by atoms with Gasteiger partial charge in [-0.1, -0.05) is 72.8 Å². The number of para-hydroxylation sites is 4. The lowest BCUT2D eigenvalue weighted by atomic mass is 10.0. The third kappa shape index (κ3) is 1.95. The summed E-state index contributed by atoms with van der Waals surface area (Å²) in [5.41, 5.74) is 9.47. The fourth-order valence-corrected chi connectivity index (χ4v) is 7.69. The molecular formula is C36H18N2O. The van der Waals surface area contributed by atoms with Crippen LogP contribution in [0.4, 0.5) is 0 Å². The van der Waals surface area contributed by atoms with Crippen LogP contribution in [0.25, 0.3) is 98.1 Å². The van der Waals surface area contributed by atoms with Crippen LogP contribution in [-0.2, 0) is 0 Å². The molecule has 11 rings (SSSR count). The monoisotopic (exact) mass is 494 g/mol. The van der Waals surface area contributed by atoms with E-state index in [0.29, 0.717) is 0 Å². The topological polar surface area (TPSA) is 22.0 Å². The second-order valence-corrected chi connectivity index (χ2v) is 10.9. The van der Waals surface area contributed by atoms with Gasteiger partial charge in [0.25, 0.3) is 0 Å². The summed E-state index contributed by atoms with van der Waals surface area (Å²) in [6.07, 6.45) is 0. The second-order valence-electron chi connectivity index (χ2n) is 10.9. The number of furan rings is 1. The molecule has 3 heteroatoms. The summed E-state index contributed by atoms with van der Waals surface area (Å²) < 4.78 is 11.3. The molecule has 178 valence electrons. The van der Waals surface area contributed by atoms with E-state index in [4.69, 9.17) is 4.42 Å². The van der Waals surface area contributed by atoms with E-state index in [1.54, 1.807) is 0 Å². The molecule has 39 heavy (non-hydrogen) atoms. The Balaban J connectivity index is 1.50. The van der Waals surface area contributed by atoms with Crippen LogP contribution in [0.1, 0.15) is 0 Å². The highest BCUT2D eigenvalue weighted by Gasteiger charge is 2.25. The number of hydrogen-bond donors (Lipinski definition) is 0. The first kappa shape index (κ1) is 18.9. The number of nitrogens with zero attached hydrogens (tertiary/aromatic N) is 2. The van der Waals surface area contributed by atoms with Crippen LogP contribution in [0.3, 0.4) is 0 Å². The third-order valence-electron chi connectivity index (χ3n) is 9.15. The van der Waals surface area contributed by atoms with Gasteiger partial charge in [0, 0.05) is 59.9 Å². The molecule has 6 aromatic carbocycles. The highest BCUT2D eigenvalue weighted by molar-refractivity contribution is 6.38. The number of fused-ring (bicyclic) bond motifs is 16. The Morgan fingerprint density at radius 1 is 0.359 bits per heavy atom. The molecule has 0 saturated carbocycles. The highest BCUT2D eigenvalue weighted by atomic mass is 16.3. The van der Waals surface area contributed by atoms with E-state index in [-0.39, 0.29) is 0 Å². The van der Waals surface area contributed by atoms with Crippen LogP contribution in [0.15, 0.2) is 114 Å². The minimum atomic E-state index is 0.935. The van der Waals surface area contributed by atoms with E-state index in [9.17, 15) is 0 Å². The van der Waals surface area contributed by atoms with Crippen molar-refractivity contribution in [3.05, 3.63) is 109 Å². The molecule has 0 saturated heterocycles. The van der Waals surface area contributed by atoms with E-state index in [1.165, 1.54) is 87.0 Å². The smallest absolute Gasteiger partial charge is 0.137 e. The molecular weight excluding hydrogens is 476 g/mol. The van der Waals surface area contributed by atoms with Gasteiger partial charge in [-0.05, 0) is 30.3 Å². The largest absolute Gasteiger partial charge is 0.456 e. The molecule has 0 radical (unpaired) electrons. The molecule has 5 aromatic heterocycles. The minimum absolute atomic E-state index is 0.935.